The van der Waals surface area contributed by atoms with E-state index in [4.69, 9.17) is 23.2 Å². The van der Waals surface area contributed by atoms with Gasteiger partial charge in [0.05, 0.1) is 10.7 Å². The first-order chi connectivity index (χ1) is 16.0. The Morgan fingerprint density at radius 2 is 1.79 bits per heavy atom. The van der Waals surface area contributed by atoms with Crippen LogP contribution in [0.5, 0.6) is 0 Å². The van der Waals surface area contributed by atoms with Crippen LogP contribution in [0.25, 0.3) is 6.08 Å². The van der Waals surface area contributed by atoms with Crippen LogP contribution in [0.3, 0.4) is 0 Å². The number of imide groups is 2. The Hall–Kier alpha value is -2.83. The number of nitrogens with zero attached hydrogens (tertiary/aromatic N) is 2. The smallest absolute Gasteiger partial charge is 0.335 e. The van der Waals surface area contributed by atoms with Gasteiger partial charge in [0.2, 0.25) is 0 Å². The maximum atomic E-state index is 13.2. The van der Waals surface area contributed by atoms with Gasteiger partial charge in [-0.2, -0.15) is 0 Å². The Labute approximate surface area is 209 Å². The number of halogens is 2. The van der Waals surface area contributed by atoms with Crippen LogP contribution in [0.15, 0.2) is 42.0 Å². The minimum atomic E-state index is -0.854. The minimum Gasteiger partial charge on any atom is -0.366 e. The second-order valence-electron chi connectivity index (χ2n) is 9.44. The fraction of sp³-hybridized carbons (Fsp3) is 0.346. The molecule has 34 heavy (non-hydrogen) atoms. The molecule has 1 N–H and O–H groups in total. The van der Waals surface area contributed by atoms with E-state index in [1.54, 1.807) is 0 Å². The van der Waals surface area contributed by atoms with Gasteiger partial charge >= 0.3 is 6.03 Å². The molecular weight excluding hydrogens is 473 g/mol. The summed E-state index contributed by atoms with van der Waals surface area (Å²) in [5.41, 5.74) is 3.14. The van der Waals surface area contributed by atoms with E-state index in [0.29, 0.717) is 10.9 Å². The highest BCUT2D eigenvalue weighted by molar-refractivity contribution is 6.42. The first kappa shape index (κ1) is 24.3. The van der Waals surface area contributed by atoms with Gasteiger partial charge in [0.1, 0.15) is 5.57 Å². The fourth-order valence-corrected chi connectivity index (χ4v) is 5.44. The monoisotopic (exact) mass is 499 g/mol. The number of fused-ring (bicyclic) bond motifs is 1. The Bertz CT molecular complexity index is 1220. The van der Waals surface area contributed by atoms with E-state index >= 15 is 0 Å². The van der Waals surface area contributed by atoms with Crippen molar-refractivity contribution >= 4 is 58.5 Å². The molecule has 1 fully saturated rings. The molecule has 2 aromatic rings. The van der Waals surface area contributed by atoms with Crippen LogP contribution in [-0.4, -0.2) is 29.9 Å². The maximum Gasteiger partial charge on any atom is 0.335 e. The van der Waals surface area contributed by atoms with Crippen molar-refractivity contribution in [3.8, 4) is 0 Å². The zero-order chi connectivity index (χ0) is 24.8. The number of barbiturate groups is 1. The number of nitrogens with one attached hydrogen (secondary N) is 1. The molecule has 2 aromatic carbocycles. The Morgan fingerprint density at radius 3 is 2.47 bits per heavy atom. The number of carbonyl (C=O) groups is 3. The zero-order valence-corrected chi connectivity index (χ0v) is 21.1. The molecule has 4 rings (SSSR count). The van der Waals surface area contributed by atoms with Gasteiger partial charge in [0.25, 0.3) is 11.8 Å². The van der Waals surface area contributed by atoms with E-state index in [1.165, 1.54) is 35.5 Å². The van der Waals surface area contributed by atoms with Crippen molar-refractivity contribution in [2.24, 2.45) is 0 Å². The van der Waals surface area contributed by atoms with Crippen LogP contribution in [0, 0.1) is 0 Å². The first-order valence-electron chi connectivity index (χ1n) is 11.3. The average molecular weight is 500 g/mol. The van der Waals surface area contributed by atoms with Crippen LogP contribution in [0.2, 0.25) is 10.0 Å². The van der Waals surface area contributed by atoms with Crippen LogP contribution in [-0.2, 0) is 9.59 Å². The summed E-state index contributed by atoms with van der Waals surface area (Å²) in [4.78, 5) is 41.6. The summed E-state index contributed by atoms with van der Waals surface area (Å²) in [6.07, 6.45) is 3.56. The number of urea groups is 1. The van der Waals surface area contributed by atoms with Crippen LogP contribution in [0.4, 0.5) is 16.2 Å². The maximum absolute atomic E-state index is 13.2. The van der Waals surface area contributed by atoms with E-state index in [-0.39, 0.29) is 21.8 Å². The van der Waals surface area contributed by atoms with Crippen molar-refractivity contribution < 1.29 is 14.4 Å². The van der Waals surface area contributed by atoms with E-state index in [1.807, 2.05) is 12.1 Å². The van der Waals surface area contributed by atoms with Crippen molar-refractivity contribution in [3.63, 3.8) is 0 Å². The lowest BCUT2D eigenvalue weighted by atomic mass is 9.79. The normalized spacial score (nSPS) is 21.1. The van der Waals surface area contributed by atoms with Gasteiger partial charge in [-0.05, 0) is 80.1 Å². The molecule has 8 heteroatoms. The number of carbonyl (C=O) groups excluding carboxylic acids is 3. The molecule has 1 atom stereocenters. The van der Waals surface area contributed by atoms with Crippen LogP contribution in [0.1, 0.15) is 57.6 Å². The number of rotatable bonds is 4. The van der Waals surface area contributed by atoms with E-state index in [2.05, 4.69) is 44.0 Å². The SMILES string of the molecule is CCCN1c2ccc(/C=C3/C(=O)NC(=O)N(c4ccc(Cl)cc4Cl)C3=O)cc2C(C)CC1(C)C. The molecular formula is C26H27Cl2N3O3. The highest BCUT2D eigenvalue weighted by Gasteiger charge is 2.38. The standard InChI is InChI=1S/C26H27Cl2N3O3/c1-5-10-30-21-8-6-16(11-18(21)15(2)14-26(30,3)4)12-19-23(32)29-25(34)31(24(19)33)22-9-7-17(27)13-20(22)28/h6-9,11-13,15H,5,10,14H2,1-4H3,(H,29,32,34)/b19-12-. The summed E-state index contributed by atoms with van der Waals surface area (Å²) in [7, 11) is 0. The van der Waals surface area contributed by atoms with Gasteiger partial charge in [-0.15, -0.1) is 0 Å². The molecule has 0 aliphatic carbocycles. The molecule has 2 heterocycles. The third-order valence-electron chi connectivity index (χ3n) is 6.42. The van der Waals surface area contributed by atoms with Gasteiger partial charge in [0.15, 0.2) is 0 Å². The number of anilines is 2. The summed E-state index contributed by atoms with van der Waals surface area (Å²) in [5, 5.41) is 2.74. The fourth-order valence-electron chi connectivity index (χ4n) is 4.95. The number of benzene rings is 2. The summed E-state index contributed by atoms with van der Waals surface area (Å²) in [5.74, 6) is -1.16. The topological polar surface area (TPSA) is 69.7 Å². The van der Waals surface area contributed by atoms with Crippen molar-refractivity contribution in [2.45, 2.75) is 52.0 Å². The summed E-state index contributed by atoms with van der Waals surface area (Å²) in [6, 6.07) is 9.57. The molecule has 1 saturated heterocycles. The molecule has 2 aliphatic heterocycles. The molecule has 0 radical (unpaired) electrons. The van der Waals surface area contributed by atoms with E-state index < -0.39 is 17.8 Å². The van der Waals surface area contributed by atoms with Gasteiger partial charge in [-0.1, -0.05) is 43.1 Å². The molecule has 0 bridgehead atoms. The third kappa shape index (κ3) is 4.32. The predicted octanol–water partition coefficient (Wildman–Crippen LogP) is 6.16. The Kier molecular flexibility index (Phi) is 6.49. The second kappa shape index (κ2) is 9.08. The number of hydrogen-bond donors (Lipinski definition) is 1. The largest absolute Gasteiger partial charge is 0.366 e. The van der Waals surface area contributed by atoms with Crippen molar-refractivity contribution in [1.29, 1.82) is 0 Å². The Morgan fingerprint density at radius 1 is 1.09 bits per heavy atom. The van der Waals surface area contributed by atoms with Gasteiger partial charge in [0, 0.05) is 22.8 Å². The summed E-state index contributed by atoms with van der Waals surface area (Å²) in [6.45, 7) is 9.84. The molecule has 0 saturated carbocycles. The first-order valence-corrected chi connectivity index (χ1v) is 12.1. The summed E-state index contributed by atoms with van der Waals surface area (Å²) >= 11 is 12.2. The van der Waals surface area contributed by atoms with Gasteiger partial charge in [-0.25, -0.2) is 9.69 Å². The second-order valence-corrected chi connectivity index (χ2v) is 10.3. The lowest BCUT2D eigenvalue weighted by Crippen LogP contribution is -2.54. The van der Waals surface area contributed by atoms with Gasteiger partial charge in [-0.3, -0.25) is 14.9 Å². The molecule has 2 aliphatic rings. The molecule has 1 unspecified atom stereocenters. The molecule has 4 amide bonds. The highest BCUT2D eigenvalue weighted by atomic mass is 35.5. The van der Waals surface area contributed by atoms with Crippen LogP contribution >= 0.6 is 23.2 Å². The highest BCUT2D eigenvalue weighted by Crippen LogP contribution is 2.44. The quantitative estimate of drug-likeness (QED) is 0.403. The molecule has 178 valence electrons. The minimum absolute atomic E-state index is 0.0420. The van der Waals surface area contributed by atoms with Crippen molar-refractivity contribution in [3.05, 3.63) is 63.1 Å². The number of hydrogen-bond acceptors (Lipinski definition) is 4. The Balaban J connectivity index is 1.73. The van der Waals surface area contributed by atoms with E-state index in [0.717, 1.165) is 29.8 Å². The van der Waals surface area contributed by atoms with Gasteiger partial charge < -0.3 is 4.90 Å². The van der Waals surface area contributed by atoms with Crippen molar-refractivity contribution in [1.82, 2.24) is 5.32 Å². The molecule has 6 nitrogen and oxygen atoms in total. The van der Waals surface area contributed by atoms with Crippen molar-refractivity contribution in [2.75, 3.05) is 16.3 Å². The van der Waals surface area contributed by atoms with Crippen LogP contribution < -0.4 is 15.1 Å². The van der Waals surface area contributed by atoms with E-state index in [9.17, 15) is 14.4 Å². The molecule has 0 spiro atoms. The zero-order valence-electron chi connectivity index (χ0n) is 19.6. The summed E-state index contributed by atoms with van der Waals surface area (Å²) < 4.78 is 0. The lowest BCUT2D eigenvalue weighted by Gasteiger charge is -2.47. The third-order valence-corrected chi connectivity index (χ3v) is 6.96. The average Bonchev–Trinajstić information content (AvgIpc) is 2.75. The number of amides is 4. The predicted molar refractivity (Wildman–Crippen MR) is 137 cm³/mol. The lowest BCUT2D eigenvalue weighted by molar-refractivity contribution is -0.122. The molecule has 0 aromatic heterocycles.